The van der Waals surface area contributed by atoms with Crippen molar-refractivity contribution in [1.29, 1.82) is 0 Å². The first-order chi connectivity index (χ1) is 8.97. The van der Waals surface area contributed by atoms with Crippen LogP contribution < -0.4 is 0 Å². The fourth-order valence-corrected chi connectivity index (χ4v) is 2.35. The first kappa shape index (κ1) is 14.0. The zero-order chi connectivity index (χ0) is 14.0. The monoisotopic (exact) mass is 296 g/mol. The molecule has 0 heterocycles. The van der Waals surface area contributed by atoms with E-state index in [1.54, 1.807) is 25.1 Å². The zero-order valence-electron chi connectivity index (χ0n) is 10.2. The van der Waals surface area contributed by atoms with Crippen LogP contribution in [0.5, 0.6) is 0 Å². The molecule has 0 amide bonds. The van der Waals surface area contributed by atoms with Crippen LogP contribution in [0.3, 0.4) is 0 Å². The lowest BCUT2D eigenvalue weighted by molar-refractivity contribution is 0.0992. The second-order valence-corrected chi connectivity index (χ2v) is 5.14. The molecule has 0 bridgehead atoms. The van der Waals surface area contributed by atoms with Crippen molar-refractivity contribution < 1.29 is 9.18 Å². The molecule has 0 saturated heterocycles. The van der Waals surface area contributed by atoms with Gasteiger partial charge in [-0.3, -0.25) is 4.79 Å². The number of aryl methyl sites for hydroxylation is 1. The van der Waals surface area contributed by atoms with Crippen molar-refractivity contribution in [2.24, 2.45) is 0 Å². The maximum atomic E-state index is 13.0. The van der Waals surface area contributed by atoms with Crippen LogP contribution in [-0.4, -0.2) is 5.78 Å². The first-order valence-corrected chi connectivity index (χ1v) is 6.46. The number of ketones is 1. The van der Waals surface area contributed by atoms with Crippen molar-refractivity contribution in [3.8, 4) is 0 Å². The van der Waals surface area contributed by atoms with E-state index >= 15 is 0 Å². The molecule has 0 fully saturated rings. The number of hydrogen-bond acceptors (Lipinski definition) is 1. The van der Waals surface area contributed by atoms with E-state index in [9.17, 15) is 9.18 Å². The normalized spacial score (nSPS) is 10.5. The van der Waals surface area contributed by atoms with Crippen molar-refractivity contribution in [3.05, 3.63) is 69.0 Å². The average Bonchev–Trinajstić information content (AvgIpc) is 2.32. The Morgan fingerprint density at radius 3 is 2.53 bits per heavy atom. The molecule has 0 saturated carbocycles. The van der Waals surface area contributed by atoms with E-state index in [0.717, 1.165) is 0 Å². The van der Waals surface area contributed by atoms with Gasteiger partial charge in [-0.25, -0.2) is 4.39 Å². The molecule has 2 rings (SSSR count). The summed E-state index contributed by atoms with van der Waals surface area (Å²) in [6, 6.07) is 9.13. The first-order valence-electron chi connectivity index (χ1n) is 5.70. The summed E-state index contributed by atoms with van der Waals surface area (Å²) >= 11 is 11.8. The van der Waals surface area contributed by atoms with Gasteiger partial charge in [-0.2, -0.15) is 0 Å². The van der Waals surface area contributed by atoms with E-state index in [1.807, 2.05) is 0 Å². The van der Waals surface area contributed by atoms with Gasteiger partial charge in [0.15, 0.2) is 5.78 Å². The molecule has 4 heteroatoms. The molecule has 0 aromatic heterocycles. The van der Waals surface area contributed by atoms with Crippen molar-refractivity contribution in [2.45, 2.75) is 13.3 Å². The fourth-order valence-electron chi connectivity index (χ4n) is 1.87. The lowest BCUT2D eigenvalue weighted by Crippen LogP contribution is -2.06. The highest BCUT2D eigenvalue weighted by molar-refractivity contribution is 6.35. The van der Waals surface area contributed by atoms with Gasteiger partial charge in [-0.15, -0.1) is 0 Å². The number of rotatable bonds is 3. The van der Waals surface area contributed by atoms with E-state index in [4.69, 9.17) is 23.2 Å². The molecule has 2 aromatic carbocycles. The SMILES string of the molecule is Cc1cc(F)ccc1C(=O)Cc1ccc(Cl)cc1Cl. The minimum absolute atomic E-state index is 0.0956. The van der Waals surface area contributed by atoms with Gasteiger partial charge in [0.1, 0.15) is 5.82 Å². The third-order valence-electron chi connectivity index (χ3n) is 2.85. The standard InChI is InChI=1S/C15H11Cl2FO/c1-9-6-12(18)4-5-13(9)15(19)7-10-2-3-11(16)8-14(10)17/h2-6,8H,7H2,1H3. The van der Waals surface area contributed by atoms with E-state index in [-0.39, 0.29) is 18.0 Å². The summed E-state index contributed by atoms with van der Waals surface area (Å²) in [7, 11) is 0. The highest BCUT2D eigenvalue weighted by Crippen LogP contribution is 2.23. The second kappa shape index (κ2) is 5.72. The van der Waals surface area contributed by atoms with Crippen LogP contribution in [0, 0.1) is 12.7 Å². The van der Waals surface area contributed by atoms with E-state index in [0.29, 0.717) is 26.7 Å². The molecule has 0 aliphatic carbocycles. The molecule has 0 aliphatic heterocycles. The summed E-state index contributed by atoms with van der Waals surface area (Å²) in [6.45, 7) is 1.71. The van der Waals surface area contributed by atoms with E-state index in [1.165, 1.54) is 18.2 Å². The summed E-state index contributed by atoms with van der Waals surface area (Å²) in [6.07, 6.45) is 0.169. The van der Waals surface area contributed by atoms with Crippen molar-refractivity contribution >= 4 is 29.0 Å². The fraction of sp³-hybridized carbons (Fsp3) is 0.133. The summed E-state index contributed by atoms with van der Waals surface area (Å²) in [5.74, 6) is -0.444. The average molecular weight is 297 g/mol. The Bertz CT molecular complexity index is 638. The lowest BCUT2D eigenvalue weighted by atomic mass is 9.99. The smallest absolute Gasteiger partial charge is 0.167 e. The van der Waals surface area contributed by atoms with Gasteiger partial charge in [-0.1, -0.05) is 29.3 Å². The van der Waals surface area contributed by atoms with Crippen LogP contribution in [0.1, 0.15) is 21.5 Å². The third-order valence-corrected chi connectivity index (χ3v) is 3.44. The van der Waals surface area contributed by atoms with Gasteiger partial charge in [0.2, 0.25) is 0 Å². The van der Waals surface area contributed by atoms with Gasteiger partial charge in [0.05, 0.1) is 0 Å². The van der Waals surface area contributed by atoms with E-state index in [2.05, 4.69) is 0 Å². The maximum absolute atomic E-state index is 13.0. The van der Waals surface area contributed by atoms with Crippen LogP contribution in [0.25, 0.3) is 0 Å². The Hall–Kier alpha value is -1.38. The number of carbonyl (C=O) groups is 1. The molecule has 0 aliphatic rings. The highest BCUT2D eigenvalue weighted by Gasteiger charge is 2.12. The molecular weight excluding hydrogens is 286 g/mol. The van der Waals surface area contributed by atoms with Crippen LogP contribution >= 0.6 is 23.2 Å². The molecule has 0 radical (unpaired) electrons. The van der Waals surface area contributed by atoms with Gasteiger partial charge in [0.25, 0.3) is 0 Å². The highest BCUT2D eigenvalue weighted by atomic mass is 35.5. The van der Waals surface area contributed by atoms with Gasteiger partial charge < -0.3 is 0 Å². The quantitative estimate of drug-likeness (QED) is 0.739. The Kier molecular flexibility index (Phi) is 4.23. The van der Waals surface area contributed by atoms with Crippen molar-refractivity contribution in [2.75, 3.05) is 0 Å². The number of carbonyl (C=O) groups excluding carboxylic acids is 1. The largest absolute Gasteiger partial charge is 0.294 e. The zero-order valence-corrected chi connectivity index (χ0v) is 11.7. The van der Waals surface area contributed by atoms with Crippen LogP contribution in [0.2, 0.25) is 10.0 Å². The number of benzene rings is 2. The molecule has 0 unspecified atom stereocenters. The maximum Gasteiger partial charge on any atom is 0.167 e. The Labute approximate surface area is 121 Å². The molecule has 0 atom stereocenters. The Morgan fingerprint density at radius 2 is 1.89 bits per heavy atom. The minimum Gasteiger partial charge on any atom is -0.294 e. The number of Topliss-reactive ketones (excluding diaryl/α,β-unsaturated/α-hetero) is 1. The summed E-state index contributed by atoms with van der Waals surface area (Å²) in [5, 5.41) is 0.986. The molecule has 0 spiro atoms. The van der Waals surface area contributed by atoms with Gasteiger partial charge in [-0.05, 0) is 48.4 Å². The van der Waals surface area contributed by atoms with Gasteiger partial charge in [0, 0.05) is 22.0 Å². The third kappa shape index (κ3) is 3.34. The van der Waals surface area contributed by atoms with Crippen molar-refractivity contribution in [3.63, 3.8) is 0 Å². The predicted molar refractivity (Wildman–Crippen MR) is 75.6 cm³/mol. The molecule has 1 nitrogen and oxygen atoms in total. The Morgan fingerprint density at radius 1 is 1.16 bits per heavy atom. The van der Waals surface area contributed by atoms with E-state index < -0.39 is 0 Å². The van der Waals surface area contributed by atoms with Crippen LogP contribution in [-0.2, 0) is 6.42 Å². The predicted octanol–water partition coefficient (Wildman–Crippen LogP) is 4.87. The molecule has 98 valence electrons. The lowest BCUT2D eigenvalue weighted by Gasteiger charge is -2.07. The van der Waals surface area contributed by atoms with Crippen molar-refractivity contribution in [1.82, 2.24) is 0 Å². The number of halogens is 3. The van der Waals surface area contributed by atoms with Crippen LogP contribution in [0.4, 0.5) is 4.39 Å². The van der Waals surface area contributed by atoms with Crippen LogP contribution in [0.15, 0.2) is 36.4 Å². The summed E-state index contributed by atoms with van der Waals surface area (Å²) in [4.78, 5) is 12.2. The molecule has 19 heavy (non-hydrogen) atoms. The summed E-state index contributed by atoms with van der Waals surface area (Å²) in [5.41, 5.74) is 1.84. The summed E-state index contributed by atoms with van der Waals surface area (Å²) < 4.78 is 13.0. The molecule has 2 aromatic rings. The number of hydrogen-bond donors (Lipinski definition) is 0. The van der Waals surface area contributed by atoms with Gasteiger partial charge >= 0.3 is 0 Å². The topological polar surface area (TPSA) is 17.1 Å². The molecular formula is C15H11Cl2FO. The molecule has 0 N–H and O–H groups in total. The minimum atomic E-state index is -0.349. The second-order valence-electron chi connectivity index (χ2n) is 4.29. The Balaban J connectivity index is 2.25.